The predicted molar refractivity (Wildman–Crippen MR) is 71.3 cm³/mol. The van der Waals surface area contributed by atoms with Crippen molar-refractivity contribution in [3.8, 4) is 0 Å². The molecule has 3 rings (SSSR count). The van der Waals surface area contributed by atoms with E-state index >= 15 is 0 Å². The van der Waals surface area contributed by atoms with Crippen LogP contribution in [0.4, 0.5) is 4.39 Å². The van der Waals surface area contributed by atoms with Gasteiger partial charge in [0.25, 0.3) is 0 Å². The number of rotatable bonds is 2. The molecule has 1 atom stereocenters. The zero-order valence-corrected chi connectivity index (χ0v) is 11.2. The summed E-state index contributed by atoms with van der Waals surface area (Å²) < 4.78 is 14.0. The van der Waals surface area contributed by atoms with Gasteiger partial charge in [-0.05, 0) is 47.4 Å². The molecule has 1 aromatic carbocycles. The van der Waals surface area contributed by atoms with Crippen LogP contribution in [0.2, 0.25) is 0 Å². The number of hydrogen-bond acceptors (Lipinski definition) is 2. The molecule has 2 aromatic rings. The first-order valence-corrected chi connectivity index (χ1v) is 6.70. The van der Waals surface area contributed by atoms with E-state index in [-0.39, 0.29) is 17.6 Å². The number of carbonyl (C=O) groups excluding carboxylic acids is 1. The third kappa shape index (κ3) is 1.87. The Morgan fingerprint density at radius 2 is 2.28 bits per heavy atom. The number of hydrogen-bond donors (Lipinski definition) is 2. The van der Waals surface area contributed by atoms with Crippen LogP contribution in [0.15, 0.2) is 22.8 Å². The van der Waals surface area contributed by atoms with E-state index in [1.165, 1.54) is 6.07 Å². The fourth-order valence-electron chi connectivity index (χ4n) is 2.42. The summed E-state index contributed by atoms with van der Waals surface area (Å²) >= 11 is 3.14. The number of ketones is 1. The van der Waals surface area contributed by atoms with Gasteiger partial charge in [-0.25, -0.2) is 4.39 Å². The lowest BCUT2D eigenvalue weighted by molar-refractivity contribution is 0.0954. The molecule has 0 saturated carbocycles. The highest BCUT2D eigenvalue weighted by atomic mass is 79.9. The minimum Gasteiger partial charge on any atom is -0.360 e. The average Bonchev–Trinajstić information content (AvgIpc) is 2.98. The van der Waals surface area contributed by atoms with Crippen molar-refractivity contribution in [1.29, 1.82) is 0 Å². The van der Waals surface area contributed by atoms with E-state index in [4.69, 9.17) is 0 Å². The first-order valence-electron chi connectivity index (χ1n) is 5.90. The summed E-state index contributed by atoms with van der Waals surface area (Å²) in [5, 5.41) is 3.82. The topological polar surface area (TPSA) is 44.9 Å². The molecule has 94 valence electrons. The molecule has 5 heteroatoms. The van der Waals surface area contributed by atoms with Crippen LogP contribution in [0.25, 0.3) is 10.9 Å². The first-order chi connectivity index (χ1) is 8.66. The molecule has 18 heavy (non-hydrogen) atoms. The maximum absolute atomic E-state index is 13.6. The lowest BCUT2D eigenvalue weighted by atomic mass is 10.0. The van der Waals surface area contributed by atoms with Crippen LogP contribution in [0, 0.1) is 5.82 Å². The number of fused-ring (bicyclic) bond motifs is 1. The van der Waals surface area contributed by atoms with Crippen molar-refractivity contribution in [3.05, 3.63) is 34.2 Å². The summed E-state index contributed by atoms with van der Waals surface area (Å²) in [6.45, 7) is 0.874. The van der Waals surface area contributed by atoms with Crippen molar-refractivity contribution in [2.24, 2.45) is 0 Å². The molecule has 2 heterocycles. The van der Waals surface area contributed by atoms with Gasteiger partial charge in [0.2, 0.25) is 0 Å². The van der Waals surface area contributed by atoms with Crippen molar-refractivity contribution >= 4 is 32.6 Å². The number of H-pyrrole nitrogens is 1. The van der Waals surface area contributed by atoms with Crippen LogP contribution in [-0.2, 0) is 0 Å². The van der Waals surface area contributed by atoms with E-state index in [1.54, 1.807) is 12.3 Å². The summed E-state index contributed by atoms with van der Waals surface area (Å²) in [4.78, 5) is 15.3. The highest BCUT2D eigenvalue weighted by Crippen LogP contribution is 2.27. The Kier molecular flexibility index (Phi) is 2.95. The smallest absolute Gasteiger partial charge is 0.181 e. The van der Waals surface area contributed by atoms with Crippen LogP contribution in [0.1, 0.15) is 23.2 Å². The number of Topliss-reactive ketones (excluding diaryl/α,β-unsaturated/α-hetero) is 1. The standard InChI is InChI=1S/C13H12BrFN2O/c14-9-5-12-7(4-10(9)15)8(6-17-12)13(18)11-2-1-3-16-11/h4-6,11,16-17H,1-3H2. The highest BCUT2D eigenvalue weighted by Gasteiger charge is 2.25. The fraction of sp³-hybridized carbons (Fsp3) is 0.308. The monoisotopic (exact) mass is 310 g/mol. The van der Waals surface area contributed by atoms with Gasteiger partial charge in [0.05, 0.1) is 10.5 Å². The number of halogens is 2. The Morgan fingerprint density at radius 3 is 3.00 bits per heavy atom. The van der Waals surface area contributed by atoms with Gasteiger partial charge in [-0.15, -0.1) is 0 Å². The van der Waals surface area contributed by atoms with E-state index < -0.39 is 0 Å². The number of nitrogens with one attached hydrogen (secondary N) is 2. The lowest BCUT2D eigenvalue weighted by Crippen LogP contribution is -2.30. The van der Waals surface area contributed by atoms with Crippen LogP contribution >= 0.6 is 15.9 Å². The molecule has 0 radical (unpaired) electrons. The number of carbonyl (C=O) groups is 1. The molecule has 1 unspecified atom stereocenters. The molecule has 1 fully saturated rings. The average molecular weight is 311 g/mol. The minimum absolute atomic E-state index is 0.0421. The molecule has 1 saturated heterocycles. The third-order valence-corrected chi connectivity index (χ3v) is 3.97. The predicted octanol–water partition coefficient (Wildman–Crippen LogP) is 3.00. The summed E-state index contributed by atoms with van der Waals surface area (Å²) in [5.41, 5.74) is 1.33. The van der Waals surface area contributed by atoms with Gasteiger partial charge in [-0.1, -0.05) is 0 Å². The zero-order chi connectivity index (χ0) is 12.7. The lowest BCUT2D eigenvalue weighted by Gasteiger charge is -2.07. The van der Waals surface area contributed by atoms with Crippen molar-refractivity contribution in [2.45, 2.75) is 18.9 Å². The molecule has 3 nitrogen and oxygen atoms in total. The van der Waals surface area contributed by atoms with Crippen molar-refractivity contribution in [1.82, 2.24) is 10.3 Å². The second-order valence-corrected chi connectivity index (χ2v) is 5.38. The summed E-state index contributed by atoms with van der Waals surface area (Å²) in [7, 11) is 0. The molecular weight excluding hydrogens is 299 g/mol. The first kappa shape index (κ1) is 11.9. The second-order valence-electron chi connectivity index (χ2n) is 4.53. The van der Waals surface area contributed by atoms with Gasteiger partial charge in [0, 0.05) is 22.7 Å². The Hall–Kier alpha value is -1.20. The summed E-state index contributed by atoms with van der Waals surface area (Å²) in [6, 6.07) is 2.93. The molecule has 0 aliphatic carbocycles. The van der Waals surface area contributed by atoms with E-state index in [1.807, 2.05) is 0 Å². The van der Waals surface area contributed by atoms with Gasteiger partial charge in [-0.3, -0.25) is 4.79 Å². The molecule has 1 aliphatic rings. The molecule has 2 N–H and O–H groups in total. The van der Waals surface area contributed by atoms with E-state index in [0.29, 0.717) is 15.4 Å². The molecule has 0 spiro atoms. The zero-order valence-electron chi connectivity index (χ0n) is 9.59. The maximum atomic E-state index is 13.6. The summed E-state index contributed by atoms with van der Waals surface area (Å²) in [6.07, 6.45) is 3.53. The van der Waals surface area contributed by atoms with Gasteiger partial charge in [0.1, 0.15) is 5.82 Å². The van der Waals surface area contributed by atoms with Gasteiger partial charge in [0.15, 0.2) is 5.78 Å². The number of aromatic amines is 1. The van der Waals surface area contributed by atoms with Crippen molar-refractivity contribution in [2.75, 3.05) is 6.54 Å². The van der Waals surface area contributed by atoms with E-state index in [2.05, 4.69) is 26.2 Å². The summed E-state index contributed by atoms with van der Waals surface area (Å²) in [5.74, 6) is -0.309. The van der Waals surface area contributed by atoms with Crippen LogP contribution in [0.5, 0.6) is 0 Å². The van der Waals surface area contributed by atoms with Crippen molar-refractivity contribution < 1.29 is 9.18 Å². The minimum atomic E-state index is -0.351. The molecule has 1 aliphatic heterocycles. The Bertz CT molecular complexity index is 617. The number of aromatic nitrogens is 1. The highest BCUT2D eigenvalue weighted by molar-refractivity contribution is 9.10. The maximum Gasteiger partial charge on any atom is 0.181 e. The Labute approximate surface area is 112 Å². The quantitative estimate of drug-likeness (QED) is 0.838. The van der Waals surface area contributed by atoms with Crippen LogP contribution in [0.3, 0.4) is 0 Å². The second kappa shape index (κ2) is 4.48. The largest absolute Gasteiger partial charge is 0.360 e. The normalized spacial score (nSPS) is 19.6. The van der Waals surface area contributed by atoms with E-state index in [0.717, 1.165) is 24.9 Å². The van der Waals surface area contributed by atoms with Crippen LogP contribution in [-0.4, -0.2) is 23.4 Å². The molecular formula is C13H12BrFN2O. The molecule has 1 aromatic heterocycles. The Balaban J connectivity index is 2.06. The van der Waals surface area contributed by atoms with Crippen LogP contribution < -0.4 is 5.32 Å². The number of benzene rings is 1. The van der Waals surface area contributed by atoms with Gasteiger partial charge < -0.3 is 10.3 Å². The molecule has 0 amide bonds. The van der Waals surface area contributed by atoms with Gasteiger partial charge >= 0.3 is 0 Å². The fourth-order valence-corrected chi connectivity index (χ4v) is 2.76. The third-order valence-electron chi connectivity index (χ3n) is 3.36. The van der Waals surface area contributed by atoms with Crippen molar-refractivity contribution in [3.63, 3.8) is 0 Å². The Morgan fingerprint density at radius 1 is 1.44 bits per heavy atom. The van der Waals surface area contributed by atoms with Gasteiger partial charge in [-0.2, -0.15) is 0 Å². The molecule has 0 bridgehead atoms. The SMILES string of the molecule is O=C(c1c[nH]c2cc(Br)c(F)cc12)C1CCCN1. The van der Waals surface area contributed by atoms with E-state index in [9.17, 15) is 9.18 Å².